The fraction of sp³-hybridized carbons (Fsp3) is 0.615. The Labute approximate surface area is 117 Å². The number of hydrogen-bond acceptors (Lipinski definition) is 4. The highest BCUT2D eigenvalue weighted by atomic mass is 32.2. The van der Waals surface area contributed by atoms with Crippen molar-refractivity contribution >= 4 is 28.1 Å². The summed E-state index contributed by atoms with van der Waals surface area (Å²) in [6, 6.07) is 0.541. The van der Waals surface area contributed by atoms with Crippen LogP contribution in [0.5, 0.6) is 0 Å². The van der Waals surface area contributed by atoms with Gasteiger partial charge in [0.15, 0.2) is 4.96 Å². The molecule has 0 aliphatic rings. The zero-order valence-corrected chi connectivity index (χ0v) is 13.1. The fourth-order valence-corrected chi connectivity index (χ4v) is 3.64. The first-order valence-corrected chi connectivity index (χ1v) is 8.40. The van der Waals surface area contributed by atoms with Crippen LogP contribution in [0.2, 0.25) is 0 Å². The molecule has 18 heavy (non-hydrogen) atoms. The molecule has 0 aliphatic heterocycles. The van der Waals surface area contributed by atoms with E-state index in [-0.39, 0.29) is 0 Å². The molecule has 0 aromatic carbocycles. The molecule has 0 saturated carbocycles. The number of thiazole rings is 1. The summed E-state index contributed by atoms with van der Waals surface area (Å²) in [4.78, 5) is 5.72. The molecule has 0 spiro atoms. The molecule has 0 aliphatic carbocycles. The van der Waals surface area contributed by atoms with Gasteiger partial charge in [0.25, 0.3) is 0 Å². The van der Waals surface area contributed by atoms with E-state index < -0.39 is 0 Å². The van der Waals surface area contributed by atoms with Gasteiger partial charge in [-0.3, -0.25) is 4.40 Å². The van der Waals surface area contributed by atoms with Crippen LogP contribution in [0.1, 0.15) is 30.9 Å². The van der Waals surface area contributed by atoms with Gasteiger partial charge in [-0.2, -0.15) is 11.8 Å². The van der Waals surface area contributed by atoms with Crippen LogP contribution in [0.3, 0.4) is 0 Å². The third kappa shape index (κ3) is 2.90. The minimum Gasteiger partial charge on any atom is -0.308 e. The normalized spacial score (nSPS) is 13.3. The van der Waals surface area contributed by atoms with Crippen LogP contribution < -0.4 is 5.32 Å². The number of nitrogens with zero attached hydrogens (tertiary/aromatic N) is 2. The van der Waals surface area contributed by atoms with Crippen molar-refractivity contribution in [3.05, 3.63) is 22.5 Å². The van der Waals surface area contributed by atoms with Gasteiger partial charge in [0, 0.05) is 29.4 Å². The molecule has 2 aromatic heterocycles. The Kier molecular flexibility index (Phi) is 4.70. The van der Waals surface area contributed by atoms with Crippen LogP contribution in [0.25, 0.3) is 4.96 Å². The quantitative estimate of drug-likeness (QED) is 0.882. The van der Waals surface area contributed by atoms with E-state index in [1.807, 2.05) is 11.8 Å². The van der Waals surface area contributed by atoms with Crippen molar-refractivity contribution in [3.8, 4) is 0 Å². The number of rotatable bonds is 6. The average molecular weight is 283 g/mol. The lowest BCUT2D eigenvalue weighted by Gasteiger charge is -2.13. The molecule has 0 saturated heterocycles. The van der Waals surface area contributed by atoms with Gasteiger partial charge in [-0.05, 0) is 26.5 Å². The number of fused-ring (bicyclic) bond motifs is 1. The Morgan fingerprint density at radius 2 is 2.28 bits per heavy atom. The second kappa shape index (κ2) is 6.08. The van der Waals surface area contributed by atoms with Gasteiger partial charge in [0.2, 0.25) is 0 Å². The number of thioether (sulfide) groups is 1. The van der Waals surface area contributed by atoms with Crippen molar-refractivity contribution in [2.24, 2.45) is 0 Å². The maximum Gasteiger partial charge on any atom is 0.194 e. The van der Waals surface area contributed by atoms with Crippen LogP contribution in [0.4, 0.5) is 0 Å². The van der Waals surface area contributed by atoms with Gasteiger partial charge in [-0.25, -0.2) is 4.98 Å². The van der Waals surface area contributed by atoms with Crippen LogP contribution in [-0.2, 0) is 6.54 Å². The highest BCUT2D eigenvalue weighted by Crippen LogP contribution is 2.20. The minimum absolute atomic E-state index is 0.541. The van der Waals surface area contributed by atoms with Gasteiger partial charge < -0.3 is 5.32 Å². The van der Waals surface area contributed by atoms with Gasteiger partial charge in [-0.15, -0.1) is 11.3 Å². The molecule has 0 amide bonds. The maximum atomic E-state index is 4.61. The predicted octanol–water partition coefficient (Wildman–Crippen LogP) is 3.24. The van der Waals surface area contributed by atoms with E-state index in [0.29, 0.717) is 6.04 Å². The number of nitrogens with one attached hydrogen (secondary N) is 1. The summed E-state index contributed by atoms with van der Waals surface area (Å²) in [6.45, 7) is 9.59. The molecule has 0 fully saturated rings. The molecule has 100 valence electrons. The standard InChI is InChI=1S/C13H21N3S2/c1-5-17-7-9(2)14-6-12-11(4)15-13-16(12)10(3)8-18-13/h8-9,14H,5-7H2,1-4H3. The molecule has 2 heterocycles. The average Bonchev–Trinajstić information content (AvgIpc) is 2.84. The summed E-state index contributed by atoms with van der Waals surface area (Å²) >= 11 is 3.70. The molecule has 1 unspecified atom stereocenters. The van der Waals surface area contributed by atoms with Crippen molar-refractivity contribution in [1.82, 2.24) is 14.7 Å². The third-order valence-corrected chi connectivity index (χ3v) is 5.11. The summed E-state index contributed by atoms with van der Waals surface area (Å²) in [7, 11) is 0. The van der Waals surface area contributed by atoms with E-state index in [2.05, 4.69) is 47.8 Å². The third-order valence-electron chi connectivity index (χ3n) is 3.02. The lowest BCUT2D eigenvalue weighted by molar-refractivity contribution is 0.584. The molecule has 0 radical (unpaired) electrons. The number of aromatic nitrogens is 2. The fourth-order valence-electron chi connectivity index (χ4n) is 2.00. The lowest BCUT2D eigenvalue weighted by Crippen LogP contribution is -2.28. The molecule has 2 rings (SSSR count). The zero-order valence-electron chi connectivity index (χ0n) is 11.5. The lowest BCUT2D eigenvalue weighted by atomic mass is 10.3. The summed E-state index contributed by atoms with van der Waals surface area (Å²) in [6.07, 6.45) is 0. The topological polar surface area (TPSA) is 29.3 Å². The van der Waals surface area contributed by atoms with E-state index in [4.69, 9.17) is 0 Å². The highest BCUT2D eigenvalue weighted by molar-refractivity contribution is 7.99. The SMILES string of the molecule is CCSCC(C)NCc1c(C)nc2scc(C)n12. The van der Waals surface area contributed by atoms with Crippen molar-refractivity contribution in [1.29, 1.82) is 0 Å². The van der Waals surface area contributed by atoms with Gasteiger partial charge in [-0.1, -0.05) is 6.92 Å². The molecule has 1 N–H and O–H groups in total. The smallest absolute Gasteiger partial charge is 0.194 e. The van der Waals surface area contributed by atoms with Gasteiger partial charge >= 0.3 is 0 Å². The van der Waals surface area contributed by atoms with Crippen LogP contribution >= 0.6 is 23.1 Å². The number of hydrogen-bond donors (Lipinski definition) is 1. The van der Waals surface area contributed by atoms with Crippen LogP contribution in [0, 0.1) is 13.8 Å². The van der Waals surface area contributed by atoms with Crippen LogP contribution in [-0.4, -0.2) is 26.9 Å². The largest absolute Gasteiger partial charge is 0.308 e. The molecule has 5 heteroatoms. The van der Waals surface area contributed by atoms with Crippen molar-refractivity contribution in [2.75, 3.05) is 11.5 Å². The first-order chi connectivity index (χ1) is 8.63. The van der Waals surface area contributed by atoms with Crippen molar-refractivity contribution < 1.29 is 0 Å². The molecule has 1 atom stereocenters. The number of aryl methyl sites for hydroxylation is 2. The Morgan fingerprint density at radius 3 is 3.00 bits per heavy atom. The summed E-state index contributed by atoms with van der Waals surface area (Å²) in [5, 5.41) is 5.76. The molecular weight excluding hydrogens is 262 g/mol. The van der Waals surface area contributed by atoms with Gasteiger partial charge in [0.1, 0.15) is 0 Å². The molecule has 0 bridgehead atoms. The predicted molar refractivity (Wildman–Crippen MR) is 81.8 cm³/mol. The van der Waals surface area contributed by atoms with E-state index in [1.54, 1.807) is 11.3 Å². The van der Waals surface area contributed by atoms with E-state index >= 15 is 0 Å². The summed E-state index contributed by atoms with van der Waals surface area (Å²) in [5.41, 5.74) is 3.73. The summed E-state index contributed by atoms with van der Waals surface area (Å²) in [5.74, 6) is 2.35. The molecular formula is C13H21N3S2. The first kappa shape index (κ1) is 13.9. The van der Waals surface area contributed by atoms with Crippen LogP contribution in [0.15, 0.2) is 5.38 Å². The monoisotopic (exact) mass is 283 g/mol. The van der Waals surface area contributed by atoms with Crippen molar-refractivity contribution in [3.63, 3.8) is 0 Å². The second-order valence-corrected chi connectivity index (χ2v) is 6.74. The Bertz CT molecular complexity index is 516. The number of imidazole rings is 1. The first-order valence-electron chi connectivity index (χ1n) is 6.36. The Balaban J connectivity index is 2.06. The highest BCUT2D eigenvalue weighted by Gasteiger charge is 2.12. The van der Waals surface area contributed by atoms with E-state index in [0.717, 1.165) is 17.2 Å². The Morgan fingerprint density at radius 1 is 1.50 bits per heavy atom. The molecule has 3 nitrogen and oxygen atoms in total. The van der Waals surface area contributed by atoms with E-state index in [9.17, 15) is 0 Å². The minimum atomic E-state index is 0.541. The summed E-state index contributed by atoms with van der Waals surface area (Å²) < 4.78 is 2.27. The maximum absolute atomic E-state index is 4.61. The second-order valence-electron chi connectivity index (χ2n) is 4.58. The van der Waals surface area contributed by atoms with Crippen molar-refractivity contribution in [2.45, 2.75) is 40.3 Å². The van der Waals surface area contributed by atoms with Gasteiger partial charge in [0.05, 0.1) is 11.4 Å². The Hall–Kier alpha value is -0.520. The van der Waals surface area contributed by atoms with E-state index in [1.165, 1.54) is 22.9 Å². The molecule has 2 aromatic rings. The zero-order chi connectivity index (χ0) is 13.1.